The number of nitrogens with zero attached hydrogens (tertiary/aromatic N) is 2. The van der Waals surface area contributed by atoms with Crippen LogP contribution in [0.4, 0.5) is 0 Å². The summed E-state index contributed by atoms with van der Waals surface area (Å²) in [4.78, 5) is 4.13. The van der Waals surface area contributed by atoms with E-state index in [0.717, 1.165) is 11.4 Å². The first-order chi connectivity index (χ1) is 6.40. The molecule has 0 spiro atoms. The maximum absolute atomic E-state index is 5.57. The van der Waals surface area contributed by atoms with Crippen molar-refractivity contribution in [2.24, 2.45) is 0 Å². The van der Waals surface area contributed by atoms with Crippen LogP contribution < -0.4 is 0 Å². The van der Waals surface area contributed by atoms with Crippen molar-refractivity contribution >= 4 is 11.6 Å². The van der Waals surface area contributed by atoms with Crippen LogP contribution in [0.15, 0.2) is 35.0 Å². The highest BCUT2D eigenvalue weighted by Gasteiger charge is 2.05. The van der Waals surface area contributed by atoms with Gasteiger partial charge in [-0.25, -0.2) is 0 Å². The molecule has 0 aromatic carbocycles. The predicted octanol–water partition coefficient (Wildman–Crippen LogP) is 2.48. The molecule has 0 saturated heterocycles. The summed E-state index contributed by atoms with van der Waals surface area (Å²) < 4.78 is 4.95. The molecule has 0 saturated carbocycles. The molecule has 0 aliphatic rings. The Bertz CT molecular complexity index is 386. The summed E-state index contributed by atoms with van der Waals surface area (Å²) in [5, 5.41) is 3.84. The first-order valence-corrected chi connectivity index (χ1v) is 4.36. The molecular weight excluding hydrogens is 188 g/mol. The third-order valence-corrected chi connectivity index (χ3v) is 1.88. The topological polar surface area (TPSA) is 38.9 Å². The molecular formula is C9H7ClN2O. The average Bonchev–Trinajstić information content (AvgIpc) is 2.67. The van der Waals surface area contributed by atoms with E-state index in [1.165, 1.54) is 0 Å². The smallest absolute Gasteiger partial charge is 0.152 e. The Morgan fingerprint density at radius 1 is 1.31 bits per heavy atom. The minimum Gasteiger partial charge on any atom is -0.359 e. The molecule has 2 rings (SSSR count). The van der Waals surface area contributed by atoms with E-state index in [9.17, 15) is 0 Å². The molecule has 66 valence electrons. The van der Waals surface area contributed by atoms with E-state index in [0.29, 0.717) is 11.6 Å². The summed E-state index contributed by atoms with van der Waals surface area (Å²) in [6.45, 7) is 0. The lowest BCUT2D eigenvalue weighted by atomic mass is 10.2. The molecule has 2 aromatic rings. The Morgan fingerprint density at radius 3 is 2.85 bits per heavy atom. The summed E-state index contributed by atoms with van der Waals surface area (Å²) >= 11 is 5.57. The molecule has 2 heterocycles. The minimum absolute atomic E-state index is 0.333. The van der Waals surface area contributed by atoms with Gasteiger partial charge in [-0.15, -0.1) is 11.6 Å². The van der Waals surface area contributed by atoms with Crippen LogP contribution >= 0.6 is 11.6 Å². The zero-order valence-corrected chi connectivity index (χ0v) is 7.53. The third-order valence-electron chi connectivity index (χ3n) is 1.62. The highest BCUT2D eigenvalue weighted by atomic mass is 35.5. The van der Waals surface area contributed by atoms with Gasteiger partial charge in [-0.05, 0) is 12.1 Å². The summed E-state index contributed by atoms with van der Waals surface area (Å²) in [5.41, 5.74) is 1.51. The van der Waals surface area contributed by atoms with Crippen molar-refractivity contribution in [2.75, 3.05) is 0 Å². The van der Waals surface area contributed by atoms with Gasteiger partial charge in [0.25, 0.3) is 0 Å². The number of rotatable bonds is 2. The first-order valence-electron chi connectivity index (χ1n) is 3.83. The van der Waals surface area contributed by atoms with Crippen LogP contribution in [-0.2, 0) is 5.88 Å². The SMILES string of the molecule is ClCc1cc(-c2ccccn2)no1. The van der Waals surface area contributed by atoms with Gasteiger partial charge in [0.1, 0.15) is 5.69 Å². The van der Waals surface area contributed by atoms with Crippen molar-refractivity contribution in [3.05, 3.63) is 36.2 Å². The molecule has 0 bridgehead atoms. The number of hydrogen-bond donors (Lipinski definition) is 0. The van der Waals surface area contributed by atoms with Crippen LogP contribution in [-0.4, -0.2) is 10.1 Å². The zero-order chi connectivity index (χ0) is 9.10. The van der Waals surface area contributed by atoms with Crippen LogP contribution in [0.2, 0.25) is 0 Å². The van der Waals surface area contributed by atoms with E-state index < -0.39 is 0 Å². The Balaban J connectivity index is 2.36. The van der Waals surface area contributed by atoms with Gasteiger partial charge in [0.15, 0.2) is 5.76 Å². The average molecular weight is 195 g/mol. The van der Waals surface area contributed by atoms with Gasteiger partial charge in [-0.3, -0.25) is 4.98 Å². The fraction of sp³-hybridized carbons (Fsp3) is 0.111. The summed E-state index contributed by atoms with van der Waals surface area (Å²) in [6.07, 6.45) is 1.71. The summed E-state index contributed by atoms with van der Waals surface area (Å²) in [7, 11) is 0. The monoisotopic (exact) mass is 194 g/mol. The Hall–Kier alpha value is -1.35. The Morgan fingerprint density at radius 2 is 2.23 bits per heavy atom. The summed E-state index contributed by atoms with van der Waals surface area (Å²) in [5.74, 6) is 0.988. The van der Waals surface area contributed by atoms with Gasteiger partial charge < -0.3 is 4.52 Å². The molecule has 13 heavy (non-hydrogen) atoms. The van der Waals surface area contributed by atoms with Crippen molar-refractivity contribution in [1.29, 1.82) is 0 Å². The van der Waals surface area contributed by atoms with E-state index in [-0.39, 0.29) is 0 Å². The van der Waals surface area contributed by atoms with Crippen molar-refractivity contribution in [1.82, 2.24) is 10.1 Å². The highest BCUT2D eigenvalue weighted by molar-refractivity contribution is 6.16. The standard InChI is InChI=1S/C9H7ClN2O/c10-6-7-5-9(12-13-7)8-3-1-2-4-11-8/h1-5H,6H2. The van der Waals surface area contributed by atoms with Crippen LogP contribution in [0.25, 0.3) is 11.4 Å². The van der Waals surface area contributed by atoms with Gasteiger partial charge >= 0.3 is 0 Å². The maximum Gasteiger partial charge on any atom is 0.152 e. The van der Waals surface area contributed by atoms with Crippen molar-refractivity contribution in [3.8, 4) is 11.4 Å². The van der Waals surface area contributed by atoms with E-state index in [1.54, 1.807) is 12.3 Å². The van der Waals surface area contributed by atoms with E-state index in [4.69, 9.17) is 16.1 Å². The van der Waals surface area contributed by atoms with Gasteiger partial charge in [0.05, 0.1) is 11.6 Å². The number of alkyl halides is 1. The highest BCUT2D eigenvalue weighted by Crippen LogP contribution is 2.16. The lowest BCUT2D eigenvalue weighted by Crippen LogP contribution is -1.79. The van der Waals surface area contributed by atoms with Crippen LogP contribution in [0.3, 0.4) is 0 Å². The molecule has 0 aliphatic heterocycles. The molecule has 3 nitrogen and oxygen atoms in total. The number of pyridine rings is 1. The minimum atomic E-state index is 0.333. The fourth-order valence-corrected chi connectivity index (χ4v) is 1.14. The van der Waals surface area contributed by atoms with E-state index in [2.05, 4.69) is 10.1 Å². The molecule has 0 N–H and O–H groups in total. The Kier molecular flexibility index (Phi) is 2.27. The van der Waals surface area contributed by atoms with Crippen molar-refractivity contribution < 1.29 is 4.52 Å². The quantitative estimate of drug-likeness (QED) is 0.690. The van der Waals surface area contributed by atoms with Crippen LogP contribution in [0, 0.1) is 0 Å². The van der Waals surface area contributed by atoms with E-state index in [1.807, 2.05) is 18.2 Å². The third kappa shape index (κ3) is 1.70. The molecule has 4 heteroatoms. The molecule has 0 fully saturated rings. The number of halogens is 1. The molecule has 2 aromatic heterocycles. The second-order valence-corrected chi connectivity index (χ2v) is 2.79. The number of hydrogen-bond acceptors (Lipinski definition) is 3. The zero-order valence-electron chi connectivity index (χ0n) is 6.77. The van der Waals surface area contributed by atoms with Crippen LogP contribution in [0.1, 0.15) is 5.76 Å². The second kappa shape index (κ2) is 3.58. The predicted molar refractivity (Wildman–Crippen MR) is 49.3 cm³/mol. The summed E-state index contributed by atoms with van der Waals surface area (Å²) in [6, 6.07) is 7.41. The van der Waals surface area contributed by atoms with Crippen molar-refractivity contribution in [3.63, 3.8) is 0 Å². The van der Waals surface area contributed by atoms with Crippen molar-refractivity contribution in [2.45, 2.75) is 5.88 Å². The lowest BCUT2D eigenvalue weighted by molar-refractivity contribution is 0.396. The van der Waals surface area contributed by atoms with E-state index >= 15 is 0 Å². The van der Waals surface area contributed by atoms with Gasteiger partial charge in [-0.1, -0.05) is 11.2 Å². The molecule has 0 amide bonds. The molecule has 0 aliphatic carbocycles. The second-order valence-electron chi connectivity index (χ2n) is 2.53. The maximum atomic E-state index is 5.57. The van der Waals surface area contributed by atoms with Gasteiger partial charge in [0, 0.05) is 12.3 Å². The number of aromatic nitrogens is 2. The fourth-order valence-electron chi connectivity index (χ4n) is 1.01. The lowest BCUT2D eigenvalue weighted by Gasteiger charge is -1.90. The first kappa shape index (κ1) is 8.26. The molecule has 0 atom stereocenters. The largest absolute Gasteiger partial charge is 0.359 e. The van der Waals surface area contributed by atoms with Crippen LogP contribution in [0.5, 0.6) is 0 Å². The van der Waals surface area contributed by atoms with Gasteiger partial charge in [-0.2, -0.15) is 0 Å². The molecule has 0 radical (unpaired) electrons. The normalized spacial score (nSPS) is 10.2. The molecule has 0 unspecified atom stereocenters. The Labute approximate surface area is 80.3 Å². The van der Waals surface area contributed by atoms with Gasteiger partial charge in [0.2, 0.25) is 0 Å².